The molecule has 1 atom stereocenters. The molecular weight excluding hydrogens is 634 g/mol. The second-order valence-corrected chi connectivity index (χ2v) is 11.1. The van der Waals surface area contributed by atoms with Crippen LogP contribution < -0.4 is 26.0 Å². The topological polar surface area (TPSA) is 127 Å². The van der Waals surface area contributed by atoms with Crippen LogP contribution in [0.15, 0.2) is 47.3 Å². The second kappa shape index (κ2) is 9.59. The molecule has 4 amide bonds. The van der Waals surface area contributed by atoms with Crippen LogP contribution in [0.25, 0.3) is 0 Å². The first-order chi connectivity index (χ1) is 19.1. The molecule has 3 aliphatic rings. The lowest BCUT2D eigenvalue weighted by Gasteiger charge is -2.44. The number of halogens is 2. The summed E-state index contributed by atoms with van der Waals surface area (Å²) in [7, 11) is 1.49. The van der Waals surface area contributed by atoms with Crippen LogP contribution in [0.4, 0.5) is 37.8 Å². The Kier molecular flexibility index (Phi) is 6.29. The number of carbonyl (C=O) groups is 3. The summed E-state index contributed by atoms with van der Waals surface area (Å²) in [4.78, 5) is 55.9. The predicted molar refractivity (Wildman–Crippen MR) is 153 cm³/mol. The summed E-state index contributed by atoms with van der Waals surface area (Å²) in [6, 6.07) is 10.1. The third kappa shape index (κ3) is 4.11. The number of rotatable bonds is 5. The molecule has 2 aromatic carbocycles. The monoisotopic (exact) mass is 658 g/mol. The Morgan fingerprint density at radius 1 is 1.07 bits per heavy atom. The molecule has 40 heavy (non-hydrogen) atoms. The van der Waals surface area contributed by atoms with E-state index in [1.165, 1.54) is 33.5 Å². The van der Waals surface area contributed by atoms with E-state index in [1.54, 1.807) is 37.3 Å². The quantitative estimate of drug-likeness (QED) is 0.284. The molecule has 11 nitrogen and oxygen atoms in total. The van der Waals surface area contributed by atoms with Crippen LogP contribution in [0, 0.1) is 16.3 Å². The highest BCUT2D eigenvalue weighted by atomic mass is 127. The van der Waals surface area contributed by atoms with Crippen molar-refractivity contribution in [3.63, 3.8) is 0 Å². The summed E-state index contributed by atoms with van der Waals surface area (Å²) >= 11 is 1.99. The number of aromatic nitrogens is 1. The van der Waals surface area contributed by atoms with Gasteiger partial charge in [-0.15, -0.1) is 0 Å². The number of aliphatic hydroxyl groups is 1. The van der Waals surface area contributed by atoms with Crippen molar-refractivity contribution in [3.05, 3.63) is 73.3 Å². The van der Waals surface area contributed by atoms with E-state index in [0.717, 1.165) is 4.90 Å². The van der Waals surface area contributed by atoms with Crippen molar-refractivity contribution in [1.29, 1.82) is 0 Å². The molecule has 13 heteroatoms. The van der Waals surface area contributed by atoms with Gasteiger partial charge in [0.25, 0.3) is 17.4 Å². The molecule has 206 valence electrons. The van der Waals surface area contributed by atoms with E-state index in [2.05, 4.69) is 10.6 Å². The third-order valence-electron chi connectivity index (χ3n) is 7.29. The number of urea groups is 1. The minimum Gasteiger partial charge on any atom is -0.356 e. The van der Waals surface area contributed by atoms with Gasteiger partial charge in [0, 0.05) is 27.9 Å². The molecular formula is C27H24FIN6O5. The van der Waals surface area contributed by atoms with Gasteiger partial charge in [-0.2, -0.15) is 0 Å². The van der Waals surface area contributed by atoms with Crippen LogP contribution in [-0.2, 0) is 11.8 Å². The number of imide groups is 1. The Morgan fingerprint density at radius 3 is 2.45 bits per heavy atom. The lowest BCUT2D eigenvalue weighted by Crippen LogP contribution is -2.55. The van der Waals surface area contributed by atoms with Gasteiger partial charge in [0.2, 0.25) is 6.35 Å². The molecule has 1 unspecified atom stereocenters. The zero-order valence-corrected chi connectivity index (χ0v) is 23.6. The molecule has 3 aromatic rings. The summed E-state index contributed by atoms with van der Waals surface area (Å²) in [5.74, 6) is -1.43. The lowest BCUT2D eigenvalue weighted by molar-refractivity contribution is -0.115. The Bertz CT molecular complexity index is 1660. The van der Waals surface area contributed by atoms with E-state index in [-0.39, 0.29) is 46.6 Å². The van der Waals surface area contributed by atoms with E-state index < -0.39 is 35.6 Å². The number of aliphatic hydroxyl groups excluding tert-OH is 1. The number of hydrogen-bond donors (Lipinski definition) is 3. The molecule has 2 aliphatic heterocycles. The first-order valence-electron chi connectivity index (χ1n) is 12.5. The van der Waals surface area contributed by atoms with Crippen LogP contribution >= 0.6 is 22.6 Å². The zero-order chi connectivity index (χ0) is 28.5. The number of fused-ring (bicyclic) bond motifs is 1. The third-order valence-corrected chi connectivity index (χ3v) is 7.96. The molecule has 0 radical (unpaired) electrons. The molecule has 1 saturated carbocycles. The number of carbonyl (C=O) groups excluding carboxylic acids is 3. The SMILES string of the molecule is Cc1c2c(c(Nc3ccc(I)cc3F)n(C)c1=O)C(=O)N(C1CC1)C(O)N2c1cccc(N2C(=O)CNC2=O)c1. The van der Waals surface area contributed by atoms with E-state index >= 15 is 0 Å². The smallest absolute Gasteiger partial charge is 0.329 e. The normalized spacial score (nSPS) is 18.8. The fourth-order valence-electron chi connectivity index (χ4n) is 5.20. The van der Waals surface area contributed by atoms with Crippen molar-refractivity contribution < 1.29 is 23.9 Å². The average molecular weight is 658 g/mol. The maximum atomic E-state index is 14.9. The van der Waals surface area contributed by atoms with Gasteiger partial charge in [-0.25, -0.2) is 14.1 Å². The number of benzene rings is 2. The highest BCUT2D eigenvalue weighted by molar-refractivity contribution is 14.1. The van der Waals surface area contributed by atoms with Gasteiger partial charge in [-0.05, 0) is 78.8 Å². The van der Waals surface area contributed by atoms with E-state index in [9.17, 15) is 28.7 Å². The molecule has 3 N–H and O–H groups in total. The molecule has 0 spiro atoms. The predicted octanol–water partition coefficient (Wildman–Crippen LogP) is 3.27. The summed E-state index contributed by atoms with van der Waals surface area (Å²) in [6.45, 7) is 1.42. The Balaban J connectivity index is 1.57. The van der Waals surface area contributed by atoms with E-state index in [4.69, 9.17) is 0 Å². The number of nitrogens with one attached hydrogen (secondary N) is 2. The maximum Gasteiger partial charge on any atom is 0.329 e. The largest absolute Gasteiger partial charge is 0.356 e. The van der Waals surface area contributed by atoms with Gasteiger partial charge in [0.05, 0.1) is 23.6 Å². The van der Waals surface area contributed by atoms with E-state index in [0.29, 0.717) is 22.1 Å². The molecule has 0 bridgehead atoms. The van der Waals surface area contributed by atoms with Crippen LogP contribution in [-0.4, -0.2) is 51.4 Å². The Morgan fingerprint density at radius 2 is 1.80 bits per heavy atom. The van der Waals surface area contributed by atoms with Gasteiger partial charge < -0.3 is 15.7 Å². The molecule has 6 rings (SSSR count). The van der Waals surface area contributed by atoms with Crippen molar-refractivity contribution in [2.75, 3.05) is 21.7 Å². The second-order valence-electron chi connectivity index (χ2n) is 9.88. The van der Waals surface area contributed by atoms with Crippen molar-refractivity contribution in [1.82, 2.24) is 14.8 Å². The molecule has 2 fully saturated rings. The van der Waals surface area contributed by atoms with Crippen LogP contribution in [0.1, 0.15) is 28.8 Å². The highest BCUT2D eigenvalue weighted by Crippen LogP contribution is 2.45. The van der Waals surface area contributed by atoms with Gasteiger partial charge in [0.1, 0.15) is 17.2 Å². The van der Waals surface area contributed by atoms with Crippen molar-refractivity contribution in [3.8, 4) is 0 Å². The first-order valence-corrected chi connectivity index (χ1v) is 13.6. The summed E-state index contributed by atoms with van der Waals surface area (Å²) in [5, 5.41) is 17.0. The molecule has 1 saturated heterocycles. The van der Waals surface area contributed by atoms with E-state index in [1.807, 2.05) is 22.6 Å². The van der Waals surface area contributed by atoms with Crippen LogP contribution in [0.5, 0.6) is 0 Å². The van der Waals surface area contributed by atoms with Crippen molar-refractivity contribution >= 4 is 69.0 Å². The van der Waals surface area contributed by atoms with Crippen LogP contribution in [0.3, 0.4) is 0 Å². The van der Waals surface area contributed by atoms with Gasteiger partial charge in [0.15, 0.2) is 0 Å². The highest BCUT2D eigenvalue weighted by Gasteiger charge is 2.47. The van der Waals surface area contributed by atoms with Gasteiger partial charge in [-0.1, -0.05) is 6.07 Å². The standard InChI is InChI=1S/C27H24FIN6O5/c1-13-22-21(23(32(2)24(13)37)31-19-9-6-14(29)10-18(19)28)25(38)35(15-7-8-15)27(40)34(22)17-5-3-4-16(11-17)33-20(36)12-30-26(33)39/h3-6,9-11,15,27,31,40H,7-8,12H2,1-2H3,(H,30,39). The molecule has 1 aromatic heterocycles. The van der Waals surface area contributed by atoms with Gasteiger partial charge >= 0.3 is 6.03 Å². The summed E-state index contributed by atoms with van der Waals surface area (Å²) in [5.41, 5.74) is 0.666. The van der Waals surface area contributed by atoms with Gasteiger partial charge in [-0.3, -0.25) is 28.8 Å². The fraction of sp³-hybridized carbons (Fsp3) is 0.259. The van der Waals surface area contributed by atoms with Crippen LogP contribution in [0.2, 0.25) is 0 Å². The summed E-state index contributed by atoms with van der Waals surface area (Å²) in [6.07, 6.45) is -0.0962. The zero-order valence-electron chi connectivity index (χ0n) is 21.4. The number of amides is 4. The fourth-order valence-corrected chi connectivity index (χ4v) is 5.65. The average Bonchev–Trinajstić information content (AvgIpc) is 3.69. The minimum absolute atomic E-state index is 0.0727. The summed E-state index contributed by atoms with van der Waals surface area (Å²) < 4.78 is 16.8. The number of nitrogens with zero attached hydrogens (tertiary/aromatic N) is 4. The number of hydrogen-bond acceptors (Lipinski definition) is 7. The number of anilines is 5. The van der Waals surface area contributed by atoms with Crippen molar-refractivity contribution in [2.24, 2.45) is 7.05 Å². The minimum atomic E-state index is -1.47. The first kappa shape index (κ1) is 26.3. The number of pyridine rings is 1. The maximum absolute atomic E-state index is 14.9. The Hall–Kier alpha value is -3.98. The molecule has 3 heterocycles. The van der Waals surface area contributed by atoms with Crippen molar-refractivity contribution in [2.45, 2.75) is 32.2 Å². The lowest BCUT2D eigenvalue weighted by atomic mass is 10.0. The molecule has 1 aliphatic carbocycles. The Labute approximate surface area is 241 Å².